The van der Waals surface area contributed by atoms with Crippen molar-refractivity contribution >= 4 is 33.2 Å². The Morgan fingerprint density at radius 2 is 1.80 bits per heavy atom. The molecular weight excluding hydrogens is 445 g/mol. The summed E-state index contributed by atoms with van der Waals surface area (Å²) in [5.74, 6) is -0.641. The van der Waals surface area contributed by atoms with Crippen LogP contribution in [0.2, 0.25) is 5.02 Å². The van der Waals surface area contributed by atoms with Crippen molar-refractivity contribution in [3.63, 3.8) is 0 Å². The van der Waals surface area contributed by atoms with Gasteiger partial charge in [-0.15, -0.1) is 0 Å². The van der Waals surface area contributed by atoms with Crippen molar-refractivity contribution in [3.05, 3.63) is 53.1 Å². The first kappa shape index (κ1) is 24.0. The average molecular weight is 465 g/mol. The van der Waals surface area contributed by atoms with Crippen LogP contribution < -0.4 is 14.8 Å². The van der Waals surface area contributed by atoms with E-state index >= 15 is 0 Å². The van der Waals surface area contributed by atoms with Crippen LogP contribution in [-0.4, -0.2) is 27.0 Å². The molecule has 164 valence electrons. The number of ether oxygens (including phenoxy) is 1. The number of carbonyl (C=O) groups is 1. The molecule has 30 heavy (non-hydrogen) atoms. The molecule has 1 amide bonds. The highest BCUT2D eigenvalue weighted by Gasteiger charge is 2.34. The van der Waals surface area contributed by atoms with Crippen molar-refractivity contribution in [2.45, 2.75) is 37.4 Å². The fraction of sp³-hybridized carbons (Fsp3) is 0.316. The quantitative estimate of drug-likeness (QED) is 0.604. The Bertz CT molecular complexity index is 996. The number of nitrogens with one attached hydrogen (secondary N) is 2. The van der Waals surface area contributed by atoms with Crippen LogP contribution in [0.15, 0.2) is 47.4 Å². The van der Waals surface area contributed by atoms with Crippen LogP contribution in [-0.2, 0) is 21.0 Å². The number of halogens is 4. The first-order chi connectivity index (χ1) is 13.9. The molecule has 0 saturated carbocycles. The molecule has 0 heterocycles. The molecule has 1 atom stereocenters. The van der Waals surface area contributed by atoms with Gasteiger partial charge < -0.3 is 10.1 Å². The summed E-state index contributed by atoms with van der Waals surface area (Å²) in [5, 5.41) is 2.01. The van der Waals surface area contributed by atoms with Gasteiger partial charge in [-0.25, -0.2) is 13.1 Å². The summed E-state index contributed by atoms with van der Waals surface area (Å²) in [6, 6.07) is 8.06. The van der Waals surface area contributed by atoms with Crippen molar-refractivity contribution in [3.8, 4) is 5.75 Å². The monoisotopic (exact) mass is 464 g/mol. The highest BCUT2D eigenvalue weighted by molar-refractivity contribution is 7.89. The Hall–Kier alpha value is -2.30. The maximum Gasteiger partial charge on any atom is 0.418 e. The third kappa shape index (κ3) is 6.61. The molecule has 0 spiro atoms. The van der Waals surface area contributed by atoms with Gasteiger partial charge in [-0.1, -0.05) is 18.5 Å². The lowest BCUT2D eigenvalue weighted by molar-refractivity contribution is -0.137. The van der Waals surface area contributed by atoms with Crippen molar-refractivity contribution in [1.29, 1.82) is 0 Å². The van der Waals surface area contributed by atoms with Gasteiger partial charge in [0.05, 0.1) is 16.1 Å². The van der Waals surface area contributed by atoms with E-state index in [2.05, 4.69) is 10.0 Å². The number of anilines is 1. The smallest absolute Gasteiger partial charge is 0.418 e. The summed E-state index contributed by atoms with van der Waals surface area (Å²) >= 11 is 5.60. The molecule has 0 aromatic heterocycles. The fourth-order valence-corrected chi connectivity index (χ4v) is 3.83. The molecule has 0 aliphatic carbocycles. The second-order valence-corrected chi connectivity index (χ2v) is 8.58. The Morgan fingerprint density at radius 1 is 1.17 bits per heavy atom. The third-order valence-electron chi connectivity index (χ3n) is 4.03. The van der Waals surface area contributed by atoms with Gasteiger partial charge in [0.15, 0.2) is 6.61 Å². The fourth-order valence-electron chi connectivity index (χ4n) is 2.33. The molecule has 2 N–H and O–H groups in total. The molecule has 2 aromatic rings. The molecule has 6 nitrogen and oxygen atoms in total. The van der Waals surface area contributed by atoms with E-state index in [4.69, 9.17) is 16.3 Å². The largest absolute Gasteiger partial charge is 0.484 e. The Labute approximate surface area is 177 Å². The zero-order valence-corrected chi connectivity index (χ0v) is 17.7. The van der Waals surface area contributed by atoms with Gasteiger partial charge >= 0.3 is 6.18 Å². The maximum absolute atomic E-state index is 13.1. The molecular formula is C19H20ClF3N2O4S. The van der Waals surface area contributed by atoms with Crippen LogP contribution in [0.25, 0.3) is 0 Å². The van der Waals surface area contributed by atoms with Crippen LogP contribution in [0.5, 0.6) is 5.75 Å². The number of sulfonamides is 1. The standard InChI is InChI=1S/C19H20ClF3N2O4S/c1-3-12(2)25-30(27,28)15-7-5-14(6-8-15)29-11-18(26)24-17-9-4-13(20)10-16(17)19(21,22)23/h4-10,12,25H,3,11H2,1-2H3,(H,24,26)/t12-/m0/s1. The number of rotatable bonds is 8. The molecule has 0 radical (unpaired) electrons. The normalized spacial score (nSPS) is 13.0. The predicted molar refractivity (Wildman–Crippen MR) is 107 cm³/mol. The van der Waals surface area contributed by atoms with Crippen LogP contribution >= 0.6 is 11.6 Å². The van der Waals surface area contributed by atoms with Crippen molar-refractivity contribution in [1.82, 2.24) is 4.72 Å². The van der Waals surface area contributed by atoms with Crippen molar-refractivity contribution in [2.75, 3.05) is 11.9 Å². The summed E-state index contributed by atoms with van der Waals surface area (Å²) in [5.41, 5.74) is -1.52. The van der Waals surface area contributed by atoms with Gasteiger partial charge in [0.1, 0.15) is 5.75 Å². The summed E-state index contributed by atoms with van der Waals surface area (Å²) in [6.07, 6.45) is -4.07. The number of amides is 1. The Morgan fingerprint density at radius 3 is 2.37 bits per heavy atom. The topological polar surface area (TPSA) is 84.5 Å². The lowest BCUT2D eigenvalue weighted by Crippen LogP contribution is -2.31. The SMILES string of the molecule is CC[C@H](C)NS(=O)(=O)c1ccc(OCC(=O)Nc2ccc(Cl)cc2C(F)(F)F)cc1. The van der Waals surface area contributed by atoms with Gasteiger partial charge in [0.2, 0.25) is 10.0 Å². The Kier molecular flexibility index (Phi) is 7.73. The van der Waals surface area contributed by atoms with E-state index in [9.17, 15) is 26.4 Å². The first-order valence-corrected chi connectivity index (χ1v) is 10.7. The van der Waals surface area contributed by atoms with Crippen LogP contribution in [0.3, 0.4) is 0 Å². The average Bonchev–Trinajstić information content (AvgIpc) is 2.67. The van der Waals surface area contributed by atoms with Gasteiger partial charge in [-0.05, 0) is 55.8 Å². The second-order valence-electron chi connectivity index (χ2n) is 6.43. The van der Waals surface area contributed by atoms with E-state index in [1.54, 1.807) is 6.92 Å². The molecule has 0 saturated heterocycles. The number of carbonyl (C=O) groups excluding carboxylic acids is 1. The summed E-state index contributed by atoms with van der Waals surface area (Å²) in [7, 11) is -3.68. The molecule has 0 unspecified atom stereocenters. The summed E-state index contributed by atoms with van der Waals surface area (Å²) in [4.78, 5) is 12.0. The van der Waals surface area contributed by atoms with Crippen molar-refractivity contribution in [2.24, 2.45) is 0 Å². The zero-order valence-electron chi connectivity index (χ0n) is 16.1. The molecule has 2 aromatic carbocycles. The first-order valence-electron chi connectivity index (χ1n) is 8.84. The predicted octanol–water partition coefficient (Wildman–Crippen LogP) is 4.45. The maximum atomic E-state index is 13.1. The lowest BCUT2D eigenvalue weighted by Gasteiger charge is -2.15. The minimum Gasteiger partial charge on any atom is -0.484 e. The van der Waals surface area contributed by atoms with Gasteiger partial charge in [0.25, 0.3) is 5.91 Å². The summed E-state index contributed by atoms with van der Waals surface area (Å²) in [6.45, 7) is 3.01. The third-order valence-corrected chi connectivity index (χ3v) is 5.87. The van der Waals surface area contributed by atoms with Crippen LogP contribution in [0.4, 0.5) is 18.9 Å². The van der Waals surface area contributed by atoms with Gasteiger partial charge in [-0.3, -0.25) is 4.79 Å². The molecule has 0 aliphatic rings. The minimum absolute atomic E-state index is 0.0237. The van der Waals surface area contributed by atoms with E-state index in [1.807, 2.05) is 6.92 Å². The van der Waals surface area contributed by atoms with Gasteiger partial charge in [0, 0.05) is 11.1 Å². The minimum atomic E-state index is -4.70. The summed E-state index contributed by atoms with van der Waals surface area (Å²) < 4.78 is 71.3. The molecule has 0 fully saturated rings. The number of hydrogen-bond donors (Lipinski definition) is 2. The van der Waals surface area contributed by atoms with E-state index in [0.29, 0.717) is 12.5 Å². The molecule has 2 rings (SSSR count). The Balaban J connectivity index is 2.01. The highest BCUT2D eigenvalue weighted by atomic mass is 35.5. The van der Waals surface area contributed by atoms with Crippen LogP contribution in [0.1, 0.15) is 25.8 Å². The van der Waals surface area contributed by atoms with E-state index < -0.39 is 40.0 Å². The van der Waals surface area contributed by atoms with E-state index in [1.165, 1.54) is 30.3 Å². The number of benzene rings is 2. The van der Waals surface area contributed by atoms with Crippen molar-refractivity contribution < 1.29 is 31.1 Å². The van der Waals surface area contributed by atoms with E-state index in [-0.39, 0.29) is 21.7 Å². The highest BCUT2D eigenvalue weighted by Crippen LogP contribution is 2.36. The molecule has 11 heteroatoms. The zero-order chi connectivity index (χ0) is 22.5. The number of hydrogen-bond acceptors (Lipinski definition) is 4. The second kappa shape index (κ2) is 9.67. The van der Waals surface area contributed by atoms with E-state index in [0.717, 1.165) is 6.07 Å². The van der Waals surface area contributed by atoms with Crippen LogP contribution in [0, 0.1) is 0 Å². The molecule has 0 bridgehead atoms. The molecule has 0 aliphatic heterocycles. The lowest BCUT2D eigenvalue weighted by atomic mass is 10.1. The van der Waals surface area contributed by atoms with Gasteiger partial charge in [-0.2, -0.15) is 13.2 Å². The number of alkyl halides is 3.